The van der Waals surface area contributed by atoms with Gasteiger partial charge in [-0.25, -0.2) is 4.98 Å². The Bertz CT molecular complexity index is 434. The van der Waals surface area contributed by atoms with E-state index in [1.807, 2.05) is 14.0 Å². The van der Waals surface area contributed by atoms with Crippen LogP contribution in [0.2, 0.25) is 0 Å². The molecular weight excluding hydrogens is 329 g/mol. The minimum atomic E-state index is -0.185. The quantitative estimate of drug-likeness (QED) is 0.772. The van der Waals surface area contributed by atoms with E-state index in [0.29, 0.717) is 6.42 Å². The molecule has 0 bridgehead atoms. The van der Waals surface area contributed by atoms with Crippen LogP contribution < -0.4 is 10.6 Å². The van der Waals surface area contributed by atoms with Crippen LogP contribution in [0.5, 0.6) is 0 Å². The summed E-state index contributed by atoms with van der Waals surface area (Å²) in [6.07, 6.45) is 5.88. The van der Waals surface area contributed by atoms with Gasteiger partial charge in [-0.3, -0.25) is 4.79 Å². The van der Waals surface area contributed by atoms with Crippen molar-refractivity contribution in [3.05, 3.63) is 16.1 Å². The molecule has 122 valence electrons. The number of carbonyl (C=O) groups excluding carboxylic acids is 1. The Morgan fingerprint density at radius 2 is 2.05 bits per heavy atom. The van der Waals surface area contributed by atoms with Crippen LogP contribution in [0.3, 0.4) is 0 Å². The van der Waals surface area contributed by atoms with Gasteiger partial charge in [-0.05, 0) is 39.8 Å². The molecule has 1 heterocycles. The van der Waals surface area contributed by atoms with Crippen molar-refractivity contribution in [2.45, 2.75) is 51.0 Å². The van der Waals surface area contributed by atoms with Gasteiger partial charge in [0.05, 0.1) is 5.54 Å². The fourth-order valence-electron chi connectivity index (χ4n) is 2.70. The SMILES string of the molecule is CNCCCC(=O)NC1(c2nc(C)cs2)CCCC1.Cl.Cl. The summed E-state index contributed by atoms with van der Waals surface area (Å²) in [7, 11) is 1.91. The number of thiazole rings is 1. The first-order valence-corrected chi connectivity index (χ1v) is 7.92. The highest BCUT2D eigenvalue weighted by molar-refractivity contribution is 7.09. The van der Waals surface area contributed by atoms with Crippen LogP contribution in [-0.4, -0.2) is 24.5 Å². The number of hydrogen-bond donors (Lipinski definition) is 2. The van der Waals surface area contributed by atoms with Crippen LogP contribution in [0.15, 0.2) is 5.38 Å². The van der Waals surface area contributed by atoms with Crippen molar-refractivity contribution in [1.29, 1.82) is 0 Å². The minimum absolute atomic E-state index is 0. The average Bonchev–Trinajstić information content (AvgIpc) is 2.99. The number of carbonyl (C=O) groups is 1. The van der Waals surface area contributed by atoms with Gasteiger partial charge >= 0.3 is 0 Å². The number of amides is 1. The molecule has 0 aromatic carbocycles. The molecule has 0 saturated heterocycles. The van der Waals surface area contributed by atoms with Crippen molar-refractivity contribution >= 4 is 42.1 Å². The standard InChI is InChI=1S/C14H23N3OS.2ClH/c1-11-10-19-13(16-11)14(7-3-4-8-14)17-12(18)6-5-9-15-2;;/h10,15H,3-9H2,1-2H3,(H,17,18);2*1H. The second-order valence-electron chi connectivity index (χ2n) is 5.34. The zero-order chi connectivity index (χ0) is 13.7. The summed E-state index contributed by atoms with van der Waals surface area (Å²) in [6.45, 7) is 2.90. The molecule has 1 aliphatic carbocycles. The molecule has 1 aromatic heterocycles. The Kier molecular flexibility index (Phi) is 9.45. The molecule has 1 aliphatic rings. The van der Waals surface area contributed by atoms with Gasteiger partial charge in [0.1, 0.15) is 5.01 Å². The third-order valence-electron chi connectivity index (χ3n) is 3.69. The summed E-state index contributed by atoms with van der Waals surface area (Å²) in [5.74, 6) is 0.157. The van der Waals surface area contributed by atoms with E-state index in [4.69, 9.17) is 0 Å². The van der Waals surface area contributed by atoms with Gasteiger partial charge in [0, 0.05) is 17.5 Å². The lowest BCUT2D eigenvalue weighted by Gasteiger charge is -2.28. The predicted molar refractivity (Wildman–Crippen MR) is 92.8 cm³/mol. The fourth-order valence-corrected chi connectivity index (χ4v) is 3.71. The maximum atomic E-state index is 12.1. The molecule has 0 spiro atoms. The molecular formula is C14H25Cl2N3OS. The van der Waals surface area contributed by atoms with E-state index in [1.54, 1.807) is 11.3 Å². The Labute approximate surface area is 143 Å². The molecule has 2 rings (SSSR count). The summed E-state index contributed by atoms with van der Waals surface area (Å²) < 4.78 is 0. The van der Waals surface area contributed by atoms with Crippen LogP contribution in [0.1, 0.15) is 49.2 Å². The van der Waals surface area contributed by atoms with Crippen molar-refractivity contribution in [1.82, 2.24) is 15.6 Å². The molecule has 21 heavy (non-hydrogen) atoms. The normalized spacial score (nSPS) is 15.9. The number of halogens is 2. The molecule has 0 atom stereocenters. The van der Waals surface area contributed by atoms with Crippen molar-refractivity contribution in [3.63, 3.8) is 0 Å². The third kappa shape index (κ3) is 5.40. The maximum Gasteiger partial charge on any atom is 0.220 e. The minimum Gasteiger partial charge on any atom is -0.344 e. The highest BCUT2D eigenvalue weighted by Crippen LogP contribution is 2.40. The summed E-state index contributed by atoms with van der Waals surface area (Å²) in [4.78, 5) is 16.7. The lowest BCUT2D eigenvalue weighted by molar-refractivity contribution is -0.123. The molecule has 0 unspecified atom stereocenters. The lowest BCUT2D eigenvalue weighted by Crippen LogP contribution is -2.43. The molecule has 4 nitrogen and oxygen atoms in total. The first-order valence-electron chi connectivity index (χ1n) is 7.04. The van der Waals surface area contributed by atoms with Crippen LogP contribution in [0.25, 0.3) is 0 Å². The molecule has 0 aliphatic heterocycles. The number of aryl methyl sites for hydroxylation is 1. The smallest absolute Gasteiger partial charge is 0.220 e. The van der Waals surface area contributed by atoms with E-state index in [0.717, 1.165) is 36.5 Å². The van der Waals surface area contributed by atoms with Gasteiger partial charge in [0.25, 0.3) is 0 Å². The molecule has 1 fully saturated rings. The number of nitrogens with zero attached hydrogens (tertiary/aromatic N) is 1. The fraction of sp³-hybridized carbons (Fsp3) is 0.714. The highest BCUT2D eigenvalue weighted by atomic mass is 35.5. The van der Waals surface area contributed by atoms with E-state index < -0.39 is 0 Å². The van der Waals surface area contributed by atoms with Gasteiger partial charge in [-0.1, -0.05) is 12.8 Å². The van der Waals surface area contributed by atoms with E-state index in [1.165, 1.54) is 12.8 Å². The van der Waals surface area contributed by atoms with Gasteiger partial charge in [0.2, 0.25) is 5.91 Å². The van der Waals surface area contributed by atoms with Gasteiger partial charge in [-0.2, -0.15) is 0 Å². The Morgan fingerprint density at radius 3 is 2.57 bits per heavy atom. The van der Waals surface area contributed by atoms with Crippen LogP contribution >= 0.6 is 36.2 Å². The summed E-state index contributed by atoms with van der Waals surface area (Å²) >= 11 is 1.68. The van der Waals surface area contributed by atoms with Crippen LogP contribution in [0, 0.1) is 6.92 Å². The first kappa shape index (κ1) is 20.6. The van der Waals surface area contributed by atoms with Crippen LogP contribution in [-0.2, 0) is 10.3 Å². The van der Waals surface area contributed by atoms with Gasteiger partial charge in [0.15, 0.2) is 0 Å². The summed E-state index contributed by atoms with van der Waals surface area (Å²) in [5, 5.41) is 9.49. The zero-order valence-electron chi connectivity index (χ0n) is 12.6. The second kappa shape index (κ2) is 9.62. The zero-order valence-corrected chi connectivity index (χ0v) is 15.1. The summed E-state index contributed by atoms with van der Waals surface area (Å²) in [5.41, 5.74) is 0.867. The molecule has 1 aromatic rings. The van der Waals surface area contributed by atoms with Gasteiger partial charge < -0.3 is 10.6 Å². The summed E-state index contributed by atoms with van der Waals surface area (Å²) in [6, 6.07) is 0. The maximum absolute atomic E-state index is 12.1. The molecule has 2 N–H and O–H groups in total. The van der Waals surface area contributed by atoms with Crippen molar-refractivity contribution in [2.24, 2.45) is 0 Å². The molecule has 0 radical (unpaired) electrons. The van der Waals surface area contributed by atoms with E-state index in [-0.39, 0.29) is 36.3 Å². The molecule has 1 saturated carbocycles. The largest absolute Gasteiger partial charge is 0.344 e. The molecule has 7 heteroatoms. The number of hydrogen-bond acceptors (Lipinski definition) is 4. The van der Waals surface area contributed by atoms with E-state index >= 15 is 0 Å². The van der Waals surface area contributed by atoms with E-state index in [9.17, 15) is 4.79 Å². The van der Waals surface area contributed by atoms with Crippen molar-refractivity contribution in [3.8, 4) is 0 Å². The second-order valence-corrected chi connectivity index (χ2v) is 6.20. The lowest BCUT2D eigenvalue weighted by atomic mass is 9.98. The first-order chi connectivity index (χ1) is 9.16. The topological polar surface area (TPSA) is 54.0 Å². The van der Waals surface area contributed by atoms with Crippen molar-refractivity contribution in [2.75, 3.05) is 13.6 Å². The number of nitrogens with one attached hydrogen (secondary N) is 2. The Hall–Kier alpha value is -0.360. The average molecular weight is 354 g/mol. The number of rotatable bonds is 6. The third-order valence-corrected chi connectivity index (χ3v) is 4.86. The number of aromatic nitrogens is 1. The highest BCUT2D eigenvalue weighted by Gasteiger charge is 2.39. The monoisotopic (exact) mass is 353 g/mol. The predicted octanol–water partition coefficient (Wildman–Crippen LogP) is 3.18. The van der Waals surface area contributed by atoms with E-state index in [2.05, 4.69) is 21.0 Å². The Balaban J connectivity index is 0.00000200. The van der Waals surface area contributed by atoms with Gasteiger partial charge in [-0.15, -0.1) is 36.2 Å². The van der Waals surface area contributed by atoms with Crippen LogP contribution in [0.4, 0.5) is 0 Å². The van der Waals surface area contributed by atoms with Crippen molar-refractivity contribution < 1.29 is 4.79 Å². The Morgan fingerprint density at radius 1 is 1.38 bits per heavy atom. The molecule has 1 amide bonds.